The average Bonchev–Trinajstić information content (AvgIpc) is 1.88. The predicted octanol–water partition coefficient (Wildman–Crippen LogP) is 2.10. The van der Waals surface area contributed by atoms with Crippen LogP contribution in [0.4, 0.5) is 0 Å². The molecule has 0 bridgehead atoms. The third-order valence-corrected chi connectivity index (χ3v) is 0.935. The molecule has 1 heteroatoms. The van der Waals surface area contributed by atoms with Gasteiger partial charge in [-0.15, -0.1) is 0 Å². The summed E-state index contributed by atoms with van der Waals surface area (Å²) in [5.74, 6) is 0. The van der Waals surface area contributed by atoms with Crippen LogP contribution in [0.1, 0.15) is 20.3 Å². The summed E-state index contributed by atoms with van der Waals surface area (Å²) in [5.41, 5.74) is 0.764. The molecule has 50 valence electrons. The van der Waals surface area contributed by atoms with E-state index in [-0.39, 0.29) is 0 Å². The molecule has 9 heavy (non-hydrogen) atoms. The molecule has 0 N–H and O–H groups in total. The van der Waals surface area contributed by atoms with Crippen molar-refractivity contribution in [1.29, 1.82) is 0 Å². The van der Waals surface area contributed by atoms with Crippen molar-refractivity contribution in [3.05, 3.63) is 23.8 Å². The smallest absolute Gasteiger partial charge is 0.149 e. The molecule has 1 nitrogen and oxygen atoms in total. The Kier molecular flexibility index (Phi) is 4.79. The standard InChI is InChI=1S/C8H12O/c1-3-5-8(7-9)6-4-2/h3,5-7H,4H2,1-2H3/b5-3+,8-6+. The van der Waals surface area contributed by atoms with Crippen LogP contribution in [0.5, 0.6) is 0 Å². The Labute approximate surface area is 56.1 Å². The summed E-state index contributed by atoms with van der Waals surface area (Å²) in [6.45, 7) is 3.90. The summed E-state index contributed by atoms with van der Waals surface area (Å²) in [5, 5.41) is 0. The summed E-state index contributed by atoms with van der Waals surface area (Å²) in [6, 6.07) is 0. The van der Waals surface area contributed by atoms with Crippen LogP contribution in [-0.4, -0.2) is 6.29 Å². The molecule has 0 aliphatic heterocycles. The first-order chi connectivity index (χ1) is 4.35. The van der Waals surface area contributed by atoms with Crippen LogP contribution in [0.2, 0.25) is 0 Å². The van der Waals surface area contributed by atoms with E-state index >= 15 is 0 Å². The van der Waals surface area contributed by atoms with Gasteiger partial charge in [-0.05, 0) is 13.3 Å². The predicted molar refractivity (Wildman–Crippen MR) is 39.3 cm³/mol. The third-order valence-electron chi connectivity index (χ3n) is 0.935. The van der Waals surface area contributed by atoms with Gasteiger partial charge in [-0.25, -0.2) is 0 Å². The van der Waals surface area contributed by atoms with Crippen LogP contribution in [0.3, 0.4) is 0 Å². The van der Waals surface area contributed by atoms with Crippen LogP contribution >= 0.6 is 0 Å². The van der Waals surface area contributed by atoms with E-state index in [0.717, 1.165) is 18.3 Å². The first-order valence-corrected chi connectivity index (χ1v) is 3.13. The number of hydrogen-bond acceptors (Lipinski definition) is 1. The molecule has 0 unspecified atom stereocenters. The molecule has 0 saturated heterocycles. The second-order valence-electron chi connectivity index (χ2n) is 1.73. The van der Waals surface area contributed by atoms with E-state index in [1.54, 1.807) is 6.08 Å². The lowest BCUT2D eigenvalue weighted by Crippen LogP contribution is -1.76. The van der Waals surface area contributed by atoms with Gasteiger partial charge in [0.25, 0.3) is 0 Å². The molecule has 0 spiro atoms. The Balaban J connectivity index is 3.97. The maximum atomic E-state index is 10.2. The topological polar surface area (TPSA) is 17.1 Å². The number of allylic oxidation sites excluding steroid dienone is 4. The summed E-state index contributed by atoms with van der Waals surface area (Å²) in [7, 11) is 0. The zero-order chi connectivity index (χ0) is 7.11. The van der Waals surface area contributed by atoms with Crippen molar-refractivity contribution in [1.82, 2.24) is 0 Å². The molecule has 0 heterocycles. The van der Waals surface area contributed by atoms with E-state index in [4.69, 9.17) is 0 Å². The van der Waals surface area contributed by atoms with E-state index in [2.05, 4.69) is 0 Å². The number of hydrogen-bond donors (Lipinski definition) is 0. The minimum absolute atomic E-state index is 0.764. The van der Waals surface area contributed by atoms with E-state index in [0.29, 0.717) is 0 Å². The summed E-state index contributed by atoms with van der Waals surface area (Å²) >= 11 is 0. The van der Waals surface area contributed by atoms with Crippen LogP contribution in [0.15, 0.2) is 23.8 Å². The van der Waals surface area contributed by atoms with Crippen molar-refractivity contribution in [2.75, 3.05) is 0 Å². The summed E-state index contributed by atoms with van der Waals surface area (Å²) in [4.78, 5) is 10.2. The first-order valence-electron chi connectivity index (χ1n) is 3.13. The van der Waals surface area contributed by atoms with Gasteiger partial charge in [0, 0.05) is 5.57 Å². The van der Waals surface area contributed by atoms with Gasteiger partial charge in [-0.1, -0.05) is 25.2 Å². The van der Waals surface area contributed by atoms with Gasteiger partial charge in [-0.2, -0.15) is 0 Å². The maximum Gasteiger partial charge on any atom is 0.149 e. The second kappa shape index (κ2) is 5.29. The highest BCUT2D eigenvalue weighted by Crippen LogP contribution is 1.93. The van der Waals surface area contributed by atoms with Crippen LogP contribution in [-0.2, 0) is 4.79 Å². The molecule has 0 aromatic rings. The van der Waals surface area contributed by atoms with Crippen LogP contribution in [0.25, 0.3) is 0 Å². The molecule has 0 atom stereocenters. The van der Waals surface area contributed by atoms with Gasteiger partial charge in [0.1, 0.15) is 6.29 Å². The SMILES string of the molecule is C/C=C/C(C=O)=C\CC. The van der Waals surface area contributed by atoms with E-state index in [1.165, 1.54) is 0 Å². The fraction of sp³-hybridized carbons (Fsp3) is 0.375. The summed E-state index contributed by atoms with van der Waals surface area (Å²) in [6.07, 6.45) is 7.33. The Bertz CT molecular complexity index is 132. The third kappa shape index (κ3) is 3.71. The first kappa shape index (κ1) is 8.15. The van der Waals surface area contributed by atoms with Gasteiger partial charge < -0.3 is 0 Å². The summed E-state index contributed by atoms with van der Waals surface area (Å²) < 4.78 is 0. The number of carbonyl (C=O) groups excluding carboxylic acids is 1. The van der Waals surface area contributed by atoms with E-state index in [1.807, 2.05) is 26.0 Å². The minimum atomic E-state index is 0.764. The molecule has 0 fully saturated rings. The zero-order valence-corrected chi connectivity index (χ0v) is 5.92. The Morgan fingerprint density at radius 2 is 2.22 bits per heavy atom. The van der Waals surface area contributed by atoms with Crippen molar-refractivity contribution in [2.45, 2.75) is 20.3 Å². The van der Waals surface area contributed by atoms with E-state index in [9.17, 15) is 4.79 Å². The quantitative estimate of drug-likeness (QED) is 0.320. The van der Waals surface area contributed by atoms with Crippen molar-refractivity contribution in [3.8, 4) is 0 Å². The van der Waals surface area contributed by atoms with Gasteiger partial charge in [-0.3, -0.25) is 4.79 Å². The molecule has 0 aromatic heterocycles. The molecule has 0 aliphatic carbocycles. The fourth-order valence-electron chi connectivity index (χ4n) is 0.584. The van der Waals surface area contributed by atoms with Gasteiger partial charge in [0.05, 0.1) is 0 Å². The number of rotatable bonds is 3. The molecule has 0 aromatic carbocycles. The van der Waals surface area contributed by atoms with Crippen LogP contribution < -0.4 is 0 Å². The highest BCUT2D eigenvalue weighted by molar-refractivity contribution is 5.77. The maximum absolute atomic E-state index is 10.2. The van der Waals surface area contributed by atoms with E-state index < -0.39 is 0 Å². The van der Waals surface area contributed by atoms with Crippen molar-refractivity contribution < 1.29 is 4.79 Å². The molecule has 0 amide bonds. The normalized spacial score (nSPS) is 12.4. The molecule has 0 aliphatic rings. The molecule has 0 radical (unpaired) electrons. The lowest BCUT2D eigenvalue weighted by Gasteiger charge is -1.84. The van der Waals surface area contributed by atoms with Gasteiger partial charge >= 0.3 is 0 Å². The minimum Gasteiger partial charge on any atom is -0.298 e. The molecule has 0 rings (SSSR count). The Morgan fingerprint density at radius 3 is 2.56 bits per heavy atom. The highest BCUT2D eigenvalue weighted by Gasteiger charge is 1.82. The number of aldehydes is 1. The fourth-order valence-corrected chi connectivity index (χ4v) is 0.584. The van der Waals surface area contributed by atoms with Crippen molar-refractivity contribution >= 4 is 6.29 Å². The van der Waals surface area contributed by atoms with Crippen LogP contribution in [0, 0.1) is 0 Å². The largest absolute Gasteiger partial charge is 0.298 e. The average molecular weight is 124 g/mol. The lowest BCUT2D eigenvalue weighted by molar-refractivity contribution is -0.104. The molecule has 0 saturated carbocycles. The van der Waals surface area contributed by atoms with Crippen molar-refractivity contribution in [3.63, 3.8) is 0 Å². The lowest BCUT2D eigenvalue weighted by atomic mass is 10.2. The Morgan fingerprint density at radius 1 is 1.56 bits per heavy atom. The van der Waals surface area contributed by atoms with Gasteiger partial charge in [0.2, 0.25) is 0 Å². The van der Waals surface area contributed by atoms with Crippen molar-refractivity contribution in [2.24, 2.45) is 0 Å². The Hall–Kier alpha value is -0.850. The molecular formula is C8H12O. The number of carbonyl (C=O) groups is 1. The zero-order valence-electron chi connectivity index (χ0n) is 5.92. The highest BCUT2D eigenvalue weighted by atomic mass is 16.1. The van der Waals surface area contributed by atoms with Gasteiger partial charge in [0.15, 0.2) is 0 Å². The molecular weight excluding hydrogens is 112 g/mol. The monoisotopic (exact) mass is 124 g/mol. The second-order valence-corrected chi connectivity index (χ2v) is 1.73.